The Bertz CT molecular complexity index is 242. The van der Waals surface area contributed by atoms with E-state index in [-0.39, 0.29) is 30.3 Å². The van der Waals surface area contributed by atoms with Gasteiger partial charge < -0.3 is 10.5 Å². The molecule has 0 spiro atoms. The Morgan fingerprint density at radius 1 is 1.64 bits per heavy atom. The fourth-order valence-corrected chi connectivity index (χ4v) is 1.63. The van der Waals surface area contributed by atoms with Gasteiger partial charge in [0.15, 0.2) is 0 Å². The highest BCUT2D eigenvalue weighted by Crippen LogP contribution is 2.20. The van der Waals surface area contributed by atoms with Crippen molar-refractivity contribution in [3.05, 3.63) is 0 Å². The zero-order valence-corrected chi connectivity index (χ0v) is 8.53. The third kappa shape index (κ3) is 1.93. The van der Waals surface area contributed by atoms with Crippen LogP contribution in [0.2, 0.25) is 0 Å². The molecule has 0 aromatic carbocycles. The van der Waals surface area contributed by atoms with Crippen molar-refractivity contribution in [2.75, 3.05) is 20.3 Å². The number of likely N-dealkylation sites (tertiary alicyclic amines) is 1. The van der Waals surface area contributed by atoms with Gasteiger partial charge in [-0.05, 0) is 0 Å². The average Bonchev–Trinajstić information content (AvgIpc) is 2.39. The molecule has 80 valence electrons. The van der Waals surface area contributed by atoms with Crippen LogP contribution in [0.25, 0.3) is 0 Å². The summed E-state index contributed by atoms with van der Waals surface area (Å²) in [5, 5.41) is 0. The molecular formula is C9H16N2O3. The van der Waals surface area contributed by atoms with Gasteiger partial charge in [-0.1, -0.05) is 6.92 Å². The molecule has 0 saturated carbocycles. The molecule has 0 bridgehead atoms. The Labute approximate surface area is 83.2 Å². The Morgan fingerprint density at radius 2 is 2.29 bits per heavy atom. The molecule has 1 rings (SSSR count). The van der Waals surface area contributed by atoms with Crippen LogP contribution in [-0.2, 0) is 14.3 Å². The van der Waals surface area contributed by atoms with Crippen molar-refractivity contribution in [1.29, 1.82) is 0 Å². The second-order valence-corrected chi connectivity index (χ2v) is 3.55. The second kappa shape index (κ2) is 4.52. The minimum absolute atomic E-state index is 0.137. The normalized spacial score (nSPS) is 24.5. The molecule has 0 aromatic heterocycles. The van der Waals surface area contributed by atoms with E-state index in [0.29, 0.717) is 13.0 Å². The van der Waals surface area contributed by atoms with E-state index < -0.39 is 0 Å². The van der Waals surface area contributed by atoms with E-state index in [1.165, 1.54) is 12.0 Å². The fourth-order valence-electron chi connectivity index (χ4n) is 1.63. The molecule has 14 heavy (non-hydrogen) atoms. The molecule has 0 aromatic rings. The maximum absolute atomic E-state index is 11.6. The number of hydrogen-bond acceptors (Lipinski definition) is 4. The number of nitrogens with zero attached hydrogens (tertiary/aromatic N) is 1. The van der Waals surface area contributed by atoms with Gasteiger partial charge in [-0.3, -0.25) is 14.5 Å². The van der Waals surface area contributed by atoms with Crippen molar-refractivity contribution in [1.82, 2.24) is 4.90 Å². The summed E-state index contributed by atoms with van der Waals surface area (Å²) in [6.45, 7) is 2.30. The molecule has 1 fully saturated rings. The van der Waals surface area contributed by atoms with E-state index >= 15 is 0 Å². The lowest BCUT2D eigenvalue weighted by atomic mass is 10.1. The van der Waals surface area contributed by atoms with Crippen LogP contribution in [0.1, 0.15) is 13.3 Å². The smallest absolute Gasteiger partial charge is 0.232 e. The molecule has 1 heterocycles. The van der Waals surface area contributed by atoms with Crippen LogP contribution < -0.4 is 5.73 Å². The molecule has 2 amide bonds. The molecule has 5 heteroatoms. The number of ether oxygens (including phenoxy) is 1. The van der Waals surface area contributed by atoms with Gasteiger partial charge in [-0.15, -0.1) is 0 Å². The summed E-state index contributed by atoms with van der Waals surface area (Å²) in [6, 6.07) is -0.315. The van der Waals surface area contributed by atoms with Gasteiger partial charge in [0.25, 0.3) is 0 Å². The van der Waals surface area contributed by atoms with Gasteiger partial charge in [-0.2, -0.15) is 0 Å². The first-order valence-corrected chi connectivity index (χ1v) is 4.66. The third-order valence-electron chi connectivity index (χ3n) is 2.40. The average molecular weight is 200 g/mol. The summed E-state index contributed by atoms with van der Waals surface area (Å²) in [7, 11) is 1.52. The van der Waals surface area contributed by atoms with Gasteiger partial charge in [0.1, 0.15) is 0 Å². The molecule has 2 unspecified atom stereocenters. The third-order valence-corrected chi connectivity index (χ3v) is 2.40. The molecule has 5 nitrogen and oxygen atoms in total. The molecule has 1 saturated heterocycles. The molecule has 1 aliphatic heterocycles. The van der Waals surface area contributed by atoms with Gasteiger partial charge in [0.2, 0.25) is 11.8 Å². The molecule has 0 aliphatic carbocycles. The zero-order valence-electron chi connectivity index (χ0n) is 8.53. The van der Waals surface area contributed by atoms with Gasteiger partial charge in [0.05, 0.1) is 12.6 Å². The number of methoxy groups -OCH3 is 1. The molecular weight excluding hydrogens is 184 g/mol. The standard InChI is InChI=1S/C9H16N2O3/c1-6-3-8(12)11(9(6)13)7(4-10)5-14-2/h6-7H,3-5,10H2,1-2H3. The maximum atomic E-state index is 11.6. The lowest BCUT2D eigenvalue weighted by molar-refractivity contribution is -0.142. The minimum Gasteiger partial charge on any atom is -0.382 e. The number of carbonyl (C=O) groups is 2. The first kappa shape index (κ1) is 11.1. The van der Waals surface area contributed by atoms with Crippen LogP contribution in [0.4, 0.5) is 0 Å². The van der Waals surface area contributed by atoms with Gasteiger partial charge in [0, 0.05) is 26.0 Å². The van der Waals surface area contributed by atoms with E-state index in [1.54, 1.807) is 6.92 Å². The number of amides is 2. The Morgan fingerprint density at radius 3 is 2.64 bits per heavy atom. The first-order valence-electron chi connectivity index (χ1n) is 4.66. The van der Waals surface area contributed by atoms with E-state index in [1.807, 2.05) is 0 Å². The first-order chi connectivity index (χ1) is 6.61. The van der Waals surface area contributed by atoms with Crippen LogP contribution in [-0.4, -0.2) is 43.0 Å². The van der Waals surface area contributed by atoms with E-state index in [9.17, 15) is 9.59 Å². The summed E-state index contributed by atoms with van der Waals surface area (Å²) in [5.41, 5.74) is 5.48. The highest BCUT2D eigenvalue weighted by molar-refractivity contribution is 6.03. The number of nitrogens with two attached hydrogens (primary N) is 1. The number of hydrogen-bond donors (Lipinski definition) is 1. The Kier molecular flexibility index (Phi) is 3.60. The van der Waals surface area contributed by atoms with Crippen molar-refractivity contribution >= 4 is 11.8 Å². The summed E-state index contributed by atoms with van der Waals surface area (Å²) in [4.78, 5) is 24.3. The predicted octanol–water partition coefficient (Wildman–Crippen LogP) is -0.645. The summed E-state index contributed by atoms with van der Waals surface area (Å²) in [6.07, 6.45) is 0.291. The summed E-state index contributed by atoms with van der Waals surface area (Å²) in [5.74, 6) is -0.495. The number of imide groups is 1. The molecule has 1 aliphatic rings. The van der Waals surface area contributed by atoms with Gasteiger partial charge >= 0.3 is 0 Å². The van der Waals surface area contributed by atoms with Crippen LogP contribution in [0, 0.1) is 5.92 Å². The molecule has 2 atom stereocenters. The van der Waals surface area contributed by atoms with E-state index in [4.69, 9.17) is 10.5 Å². The minimum atomic E-state index is -0.315. The number of carbonyl (C=O) groups excluding carboxylic acids is 2. The quantitative estimate of drug-likeness (QED) is 0.612. The highest BCUT2D eigenvalue weighted by atomic mass is 16.5. The lowest BCUT2D eigenvalue weighted by Gasteiger charge is -2.24. The van der Waals surface area contributed by atoms with Gasteiger partial charge in [-0.25, -0.2) is 0 Å². The monoisotopic (exact) mass is 200 g/mol. The second-order valence-electron chi connectivity index (χ2n) is 3.55. The predicted molar refractivity (Wildman–Crippen MR) is 50.4 cm³/mol. The number of rotatable bonds is 4. The van der Waals surface area contributed by atoms with E-state index in [2.05, 4.69) is 0 Å². The summed E-state index contributed by atoms with van der Waals surface area (Å²) >= 11 is 0. The molecule has 2 N–H and O–H groups in total. The van der Waals surface area contributed by atoms with Crippen molar-refractivity contribution in [3.8, 4) is 0 Å². The highest BCUT2D eigenvalue weighted by Gasteiger charge is 2.39. The van der Waals surface area contributed by atoms with Crippen LogP contribution in [0.3, 0.4) is 0 Å². The summed E-state index contributed by atoms with van der Waals surface area (Å²) < 4.78 is 4.91. The van der Waals surface area contributed by atoms with Crippen molar-refractivity contribution in [2.24, 2.45) is 11.7 Å². The maximum Gasteiger partial charge on any atom is 0.232 e. The van der Waals surface area contributed by atoms with E-state index in [0.717, 1.165) is 0 Å². The van der Waals surface area contributed by atoms with Crippen molar-refractivity contribution in [3.63, 3.8) is 0 Å². The topological polar surface area (TPSA) is 72.6 Å². The van der Waals surface area contributed by atoms with Crippen molar-refractivity contribution in [2.45, 2.75) is 19.4 Å². The largest absolute Gasteiger partial charge is 0.382 e. The van der Waals surface area contributed by atoms with Crippen LogP contribution in [0.15, 0.2) is 0 Å². The lowest BCUT2D eigenvalue weighted by Crippen LogP contribution is -2.47. The van der Waals surface area contributed by atoms with Crippen molar-refractivity contribution < 1.29 is 14.3 Å². The van der Waals surface area contributed by atoms with Crippen LogP contribution in [0.5, 0.6) is 0 Å². The Hall–Kier alpha value is -0.940. The SMILES string of the molecule is COCC(CN)N1C(=O)CC(C)C1=O. The fraction of sp³-hybridized carbons (Fsp3) is 0.778. The van der Waals surface area contributed by atoms with Crippen LogP contribution >= 0.6 is 0 Å². The zero-order chi connectivity index (χ0) is 10.7. The Balaban J connectivity index is 2.74. The molecule has 0 radical (unpaired) electrons.